The standard InChI is InChI=1S/C11H16N4O4/c1-2-13-7-3-8(5-9(4-7)15(18)19)14-6-10(16)11(12)17/h3-5,10,13-14,16H,2,6H2,1H3,(H2,12,17). The minimum Gasteiger partial charge on any atom is -0.385 e. The Balaban J connectivity index is 2.87. The first-order valence-corrected chi connectivity index (χ1v) is 5.68. The highest BCUT2D eigenvalue weighted by Crippen LogP contribution is 2.24. The van der Waals surface area contributed by atoms with Gasteiger partial charge in [0, 0.05) is 36.6 Å². The Morgan fingerprint density at radius 3 is 2.47 bits per heavy atom. The summed E-state index contributed by atoms with van der Waals surface area (Å²) in [5.41, 5.74) is 5.82. The van der Waals surface area contributed by atoms with Crippen LogP contribution in [0.2, 0.25) is 0 Å². The van der Waals surface area contributed by atoms with Crippen LogP contribution in [0.15, 0.2) is 18.2 Å². The van der Waals surface area contributed by atoms with Crippen LogP contribution in [0.5, 0.6) is 0 Å². The molecular formula is C11H16N4O4. The molecule has 8 heteroatoms. The highest BCUT2D eigenvalue weighted by molar-refractivity contribution is 5.79. The fourth-order valence-electron chi connectivity index (χ4n) is 1.44. The molecule has 0 aliphatic rings. The number of carbonyl (C=O) groups is 1. The predicted octanol–water partition coefficient (Wildman–Crippen LogP) is 0.285. The van der Waals surface area contributed by atoms with E-state index in [1.165, 1.54) is 12.1 Å². The third-order valence-electron chi connectivity index (χ3n) is 2.34. The van der Waals surface area contributed by atoms with Crippen molar-refractivity contribution in [1.82, 2.24) is 0 Å². The summed E-state index contributed by atoms with van der Waals surface area (Å²) in [6.07, 6.45) is -1.35. The zero-order chi connectivity index (χ0) is 14.4. The number of anilines is 2. The van der Waals surface area contributed by atoms with Crippen LogP contribution in [-0.4, -0.2) is 35.1 Å². The summed E-state index contributed by atoms with van der Waals surface area (Å²) in [6.45, 7) is 2.37. The van der Waals surface area contributed by atoms with Gasteiger partial charge in [-0.05, 0) is 13.0 Å². The monoisotopic (exact) mass is 268 g/mol. The van der Waals surface area contributed by atoms with Crippen LogP contribution < -0.4 is 16.4 Å². The molecule has 0 spiro atoms. The normalized spacial score (nSPS) is 11.7. The van der Waals surface area contributed by atoms with E-state index < -0.39 is 16.9 Å². The minimum atomic E-state index is -1.35. The van der Waals surface area contributed by atoms with Crippen molar-refractivity contribution in [1.29, 1.82) is 0 Å². The molecule has 5 N–H and O–H groups in total. The van der Waals surface area contributed by atoms with Crippen molar-refractivity contribution >= 4 is 23.0 Å². The molecule has 0 saturated heterocycles. The Kier molecular flexibility index (Phi) is 5.07. The van der Waals surface area contributed by atoms with E-state index in [2.05, 4.69) is 10.6 Å². The zero-order valence-corrected chi connectivity index (χ0v) is 10.4. The number of amides is 1. The Morgan fingerprint density at radius 1 is 1.42 bits per heavy atom. The molecule has 19 heavy (non-hydrogen) atoms. The first kappa shape index (κ1) is 14.7. The van der Waals surface area contributed by atoms with E-state index in [0.29, 0.717) is 17.9 Å². The number of nitrogens with zero attached hydrogens (tertiary/aromatic N) is 1. The van der Waals surface area contributed by atoms with Gasteiger partial charge >= 0.3 is 0 Å². The molecule has 0 aliphatic carbocycles. The smallest absolute Gasteiger partial charge is 0.273 e. The number of rotatable bonds is 7. The Labute approximate surface area is 109 Å². The fourth-order valence-corrected chi connectivity index (χ4v) is 1.44. The number of nitro groups is 1. The summed E-state index contributed by atoms with van der Waals surface area (Å²) in [5.74, 6) is -0.857. The first-order chi connectivity index (χ1) is 8.93. The number of aliphatic hydroxyl groups excluding tert-OH is 1. The Hall–Kier alpha value is -2.35. The number of aliphatic hydroxyl groups is 1. The van der Waals surface area contributed by atoms with Crippen molar-refractivity contribution in [3.63, 3.8) is 0 Å². The van der Waals surface area contributed by atoms with Crippen LogP contribution in [0.4, 0.5) is 17.1 Å². The van der Waals surface area contributed by atoms with E-state index in [9.17, 15) is 20.0 Å². The summed E-state index contributed by atoms with van der Waals surface area (Å²) in [7, 11) is 0. The molecule has 1 aromatic carbocycles. The molecule has 0 bridgehead atoms. The number of hydrogen-bond acceptors (Lipinski definition) is 6. The molecule has 1 unspecified atom stereocenters. The second-order valence-corrected chi connectivity index (χ2v) is 3.86. The van der Waals surface area contributed by atoms with Gasteiger partial charge in [-0.3, -0.25) is 14.9 Å². The molecule has 8 nitrogen and oxygen atoms in total. The highest BCUT2D eigenvalue weighted by atomic mass is 16.6. The zero-order valence-electron chi connectivity index (χ0n) is 10.4. The first-order valence-electron chi connectivity index (χ1n) is 5.68. The molecule has 104 valence electrons. The van der Waals surface area contributed by atoms with Crippen molar-refractivity contribution < 1.29 is 14.8 Å². The maximum absolute atomic E-state index is 10.8. The van der Waals surface area contributed by atoms with E-state index in [0.717, 1.165) is 0 Å². The number of carbonyl (C=O) groups excluding carboxylic acids is 1. The lowest BCUT2D eigenvalue weighted by atomic mass is 10.2. The SMILES string of the molecule is CCNc1cc(NCC(O)C(N)=O)cc([N+](=O)[O-])c1. The van der Waals surface area contributed by atoms with Gasteiger partial charge in [0.1, 0.15) is 6.10 Å². The van der Waals surface area contributed by atoms with Crippen LogP contribution in [-0.2, 0) is 4.79 Å². The van der Waals surface area contributed by atoms with Crippen molar-refractivity contribution in [2.45, 2.75) is 13.0 Å². The number of primary amides is 1. The van der Waals surface area contributed by atoms with Gasteiger partial charge in [-0.1, -0.05) is 0 Å². The van der Waals surface area contributed by atoms with E-state index in [-0.39, 0.29) is 12.2 Å². The molecule has 1 atom stereocenters. The summed E-state index contributed by atoms with van der Waals surface area (Å²) in [5, 5.41) is 25.7. The lowest BCUT2D eigenvalue weighted by Crippen LogP contribution is -2.34. The minimum absolute atomic E-state index is 0.0884. The molecule has 0 fully saturated rings. The van der Waals surface area contributed by atoms with E-state index >= 15 is 0 Å². The van der Waals surface area contributed by atoms with Crippen LogP contribution >= 0.6 is 0 Å². The van der Waals surface area contributed by atoms with E-state index in [4.69, 9.17) is 5.73 Å². The average molecular weight is 268 g/mol. The van der Waals surface area contributed by atoms with Gasteiger partial charge in [-0.2, -0.15) is 0 Å². The van der Waals surface area contributed by atoms with E-state index in [1.54, 1.807) is 6.07 Å². The summed E-state index contributed by atoms with van der Waals surface area (Å²) < 4.78 is 0. The summed E-state index contributed by atoms with van der Waals surface area (Å²) >= 11 is 0. The third-order valence-corrected chi connectivity index (χ3v) is 2.34. The molecule has 0 aromatic heterocycles. The third kappa shape index (κ3) is 4.43. The molecule has 1 rings (SSSR count). The van der Waals surface area contributed by atoms with Gasteiger partial charge < -0.3 is 21.5 Å². The van der Waals surface area contributed by atoms with Crippen molar-refractivity contribution in [2.75, 3.05) is 23.7 Å². The lowest BCUT2D eigenvalue weighted by molar-refractivity contribution is -0.384. The molecule has 0 radical (unpaired) electrons. The summed E-state index contributed by atoms with van der Waals surface area (Å²) in [4.78, 5) is 20.9. The van der Waals surface area contributed by atoms with Crippen molar-refractivity contribution in [3.8, 4) is 0 Å². The number of nitro benzene ring substituents is 1. The summed E-state index contributed by atoms with van der Waals surface area (Å²) in [6, 6.07) is 4.36. The van der Waals surface area contributed by atoms with Crippen LogP contribution in [0.25, 0.3) is 0 Å². The Morgan fingerprint density at radius 2 is 2.00 bits per heavy atom. The van der Waals surface area contributed by atoms with Crippen LogP contribution in [0.1, 0.15) is 6.92 Å². The fraction of sp³-hybridized carbons (Fsp3) is 0.364. The Bertz CT molecular complexity index is 478. The number of benzene rings is 1. The molecule has 0 heterocycles. The van der Waals surface area contributed by atoms with Gasteiger partial charge in [-0.25, -0.2) is 0 Å². The van der Waals surface area contributed by atoms with Crippen molar-refractivity contribution in [2.24, 2.45) is 5.73 Å². The second-order valence-electron chi connectivity index (χ2n) is 3.86. The molecular weight excluding hydrogens is 252 g/mol. The molecule has 1 aromatic rings. The van der Waals surface area contributed by atoms with Gasteiger partial charge in [0.2, 0.25) is 5.91 Å². The number of nitrogens with one attached hydrogen (secondary N) is 2. The molecule has 1 amide bonds. The maximum Gasteiger partial charge on any atom is 0.273 e. The maximum atomic E-state index is 10.8. The van der Waals surface area contributed by atoms with Crippen LogP contribution in [0, 0.1) is 10.1 Å². The van der Waals surface area contributed by atoms with Crippen molar-refractivity contribution in [3.05, 3.63) is 28.3 Å². The molecule has 0 aliphatic heterocycles. The highest BCUT2D eigenvalue weighted by Gasteiger charge is 2.13. The number of hydrogen-bond donors (Lipinski definition) is 4. The topological polar surface area (TPSA) is 131 Å². The van der Waals surface area contributed by atoms with Gasteiger partial charge in [-0.15, -0.1) is 0 Å². The van der Waals surface area contributed by atoms with Crippen LogP contribution in [0.3, 0.4) is 0 Å². The van der Waals surface area contributed by atoms with Gasteiger partial charge in [0.15, 0.2) is 0 Å². The average Bonchev–Trinajstić information content (AvgIpc) is 2.35. The largest absolute Gasteiger partial charge is 0.385 e. The van der Waals surface area contributed by atoms with E-state index in [1.807, 2.05) is 6.92 Å². The van der Waals surface area contributed by atoms with Gasteiger partial charge in [0.05, 0.1) is 4.92 Å². The quantitative estimate of drug-likeness (QED) is 0.415. The number of nitrogens with two attached hydrogens (primary N) is 1. The number of non-ortho nitro benzene ring substituents is 1. The molecule has 0 saturated carbocycles. The van der Waals surface area contributed by atoms with Gasteiger partial charge in [0.25, 0.3) is 5.69 Å². The predicted molar refractivity (Wildman–Crippen MR) is 71.0 cm³/mol. The lowest BCUT2D eigenvalue weighted by Gasteiger charge is -2.11. The second kappa shape index (κ2) is 6.55.